The van der Waals surface area contributed by atoms with Gasteiger partial charge in [-0.2, -0.15) is 0 Å². The van der Waals surface area contributed by atoms with Gasteiger partial charge in [0.2, 0.25) is 13.6 Å². The summed E-state index contributed by atoms with van der Waals surface area (Å²) in [6.07, 6.45) is 1.34. The summed E-state index contributed by atoms with van der Waals surface area (Å²) < 4.78 is 20.2. The average molecular weight is 659 g/mol. The number of hydrogen-bond acceptors (Lipinski definition) is 10. The molecule has 0 bridgehead atoms. The average Bonchev–Trinajstić information content (AvgIpc) is 3.03. The third kappa shape index (κ3) is 10.6. The fourth-order valence-corrected chi connectivity index (χ4v) is 3.73. The van der Waals surface area contributed by atoms with Crippen LogP contribution in [0.25, 0.3) is 6.08 Å². The number of nitrogens with one attached hydrogen (secondary N) is 2. The molecule has 0 saturated heterocycles. The highest BCUT2D eigenvalue weighted by atomic mass is 16.7. The fraction of sp³-hybridized carbons (Fsp3) is 0.278. The monoisotopic (exact) mass is 658 g/mol. The van der Waals surface area contributed by atoms with Crippen LogP contribution in [0.3, 0.4) is 0 Å². The molecule has 3 rings (SSSR count). The molecule has 0 saturated carbocycles. The number of carbonyl (C=O) groups is 6. The van der Waals surface area contributed by atoms with E-state index in [2.05, 4.69) is 10.6 Å². The molecule has 0 fully saturated rings. The van der Waals surface area contributed by atoms with Gasteiger partial charge in [0.25, 0.3) is 11.8 Å². The molecular formula is C36H38N2O10. The SMILES string of the molecule is CC(C)(C)C(=O)OCOC(=O)c1ccccc1NC(=O)C(=Cc1ccccc1)C(=O)Nc1ccccc1C(=O)OCOC(=O)C(C)(C)C. The van der Waals surface area contributed by atoms with Gasteiger partial charge in [-0.15, -0.1) is 0 Å². The number of ether oxygens (including phenoxy) is 4. The predicted molar refractivity (Wildman–Crippen MR) is 176 cm³/mol. The van der Waals surface area contributed by atoms with Gasteiger partial charge in [0.05, 0.1) is 33.3 Å². The van der Waals surface area contributed by atoms with Crippen molar-refractivity contribution in [2.24, 2.45) is 10.8 Å². The van der Waals surface area contributed by atoms with Crippen LogP contribution in [-0.4, -0.2) is 49.3 Å². The van der Waals surface area contributed by atoms with Crippen molar-refractivity contribution in [3.05, 3.63) is 101 Å². The second kappa shape index (κ2) is 16.2. The van der Waals surface area contributed by atoms with Crippen molar-refractivity contribution in [2.75, 3.05) is 24.2 Å². The van der Waals surface area contributed by atoms with E-state index < -0.39 is 60.1 Å². The first-order valence-electron chi connectivity index (χ1n) is 14.8. The molecular weight excluding hydrogens is 620 g/mol. The van der Waals surface area contributed by atoms with E-state index in [1.807, 2.05) is 0 Å². The van der Waals surface area contributed by atoms with E-state index in [1.165, 1.54) is 30.3 Å². The van der Waals surface area contributed by atoms with Gasteiger partial charge in [-0.25, -0.2) is 9.59 Å². The molecule has 0 aliphatic rings. The van der Waals surface area contributed by atoms with Gasteiger partial charge in [-0.3, -0.25) is 19.2 Å². The first-order valence-corrected chi connectivity index (χ1v) is 14.8. The Kier molecular flexibility index (Phi) is 12.4. The predicted octanol–water partition coefficient (Wildman–Crippen LogP) is 5.75. The Morgan fingerprint density at radius 3 is 1.31 bits per heavy atom. The lowest BCUT2D eigenvalue weighted by atomic mass is 9.97. The second-order valence-electron chi connectivity index (χ2n) is 12.4. The summed E-state index contributed by atoms with van der Waals surface area (Å²) in [4.78, 5) is 77.0. The van der Waals surface area contributed by atoms with E-state index in [0.717, 1.165) is 0 Å². The van der Waals surface area contributed by atoms with Gasteiger partial charge in [-0.1, -0.05) is 54.6 Å². The van der Waals surface area contributed by atoms with Gasteiger partial charge in [-0.05, 0) is 77.4 Å². The first-order chi connectivity index (χ1) is 22.6. The maximum Gasteiger partial charge on any atom is 0.343 e. The van der Waals surface area contributed by atoms with Crippen LogP contribution in [0.4, 0.5) is 11.4 Å². The highest BCUT2D eigenvalue weighted by Crippen LogP contribution is 2.22. The van der Waals surface area contributed by atoms with Gasteiger partial charge in [0.1, 0.15) is 5.57 Å². The summed E-state index contributed by atoms with van der Waals surface area (Å²) in [6.45, 7) is 8.62. The molecule has 2 amide bonds. The number of hydrogen-bond donors (Lipinski definition) is 2. The molecule has 0 atom stereocenters. The molecule has 0 aliphatic carbocycles. The zero-order valence-corrected chi connectivity index (χ0v) is 27.6. The van der Waals surface area contributed by atoms with E-state index in [-0.39, 0.29) is 28.1 Å². The van der Waals surface area contributed by atoms with Crippen molar-refractivity contribution >= 4 is 53.1 Å². The minimum Gasteiger partial charge on any atom is -0.427 e. The van der Waals surface area contributed by atoms with Crippen LogP contribution in [0.1, 0.15) is 67.8 Å². The highest BCUT2D eigenvalue weighted by Gasteiger charge is 2.26. The number of benzene rings is 3. The van der Waals surface area contributed by atoms with Gasteiger partial charge in [0.15, 0.2) is 0 Å². The highest BCUT2D eigenvalue weighted by molar-refractivity contribution is 6.29. The lowest BCUT2D eigenvalue weighted by Gasteiger charge is -2.17. The number of esters is 4. The topological polar surface area (TPSA) is 163 Å². The first kappa shape index (κ1) is 36.7. The van der Waals surface area contributed by atoms with Crippen molar-refractivity contribution in [1.29, 1.82) is 0 Å². The number of amides is 2. The Hall–Kier alpha value is -5.78. The van der Waals surface area contributed by atoms with Gasteiger partial charge in [0, 0.05) is 0 Å². The van der Waals surface area contributed by atoms with E-state index in [4.69, 9.17) is 18.9 Å². The summed E-state index contributed by atoms with van der Waals surface area (Å²) in [5.41, 5.74) is -1.53. The quantitative estimate of drug-likeness (QED) is 0.0852. The van der Waals surface area contributed by atoms with Crippen LogP contribution < -0.4 is 10.6 Å². The molecule has 0 radical (unpaired) electrons. The molecule has 48 heavy (non-hydrogen) atoms. The Bertz CT molecular complexity index is 1600. The van der Waals surface area contributed by atoms with Crippen molar-refractivity contribution in [3.8, 4) is 0 Å². The number of carbonyl (C=O) groups excluding carboxylic acids is 6. The third-order valence-corrected chi connectivity index (χ3v) is 6.38. The van der Waals surface area contributed by atoms with E-state index in [1.54, 1.807) is 96.1 Å². The van der Waals surface area contributed by atoms with Crippen LogP contribution >= 0.6 is 0 Å². The minimum atomic E-state index is -0.884. The Labute approximate surface area is 278 Å². The molecule has 3 aromatic rings. The van der Waals surface area contributed by atoms with E-state index in [9.17, 15) is 28.8 Å². The lowest BCUT2D eigenvalue weighted by Crippen LogP contribution is -2.27. The minimum absolute atomic E-state index is 0.0233. The largest absolute Gasteiger partial charge is 0.427 e. The summed E-state index contributed by atoms with van der Waals surface area (Å²) in [5, 5.41) is 5.15. The smallest absolute Gasteiger partial charge is 0.343 e. The molecule has 0 unspecified atom stereocenters. The van der Waals surface area contributed by atoms with Crippen LogP contribution in [0, 0.1) is 10.8 Å². The molecule has 0 spiro atoms. The summed E-state index contributed by atoms with van der Waals surface area (Å²) in [5.74, 6) is -4.68. The molecule has 0 aromatic heterocycles. The molecule has 12 heteroatoms. The van der Waals surface area contributed by atoms with Crippen LogP contribution in [0.15, 0.2) is 84.4 Å². The molecule has 3 aromatic carbocycles. The molecule has 12 nitrogen and oxygen atoms in total. The third-order valence-electron chi connectivity index (χ3n) is 6.38. The molecule has 2 N–H and O–H groups in total. The second-order valence-corrected chi connectivity index (χ2v) is 12.4. The van der Waals surface area contributed by atoms with Crippen molar-refractivity contribution in [1.82, 2.24) is 0 Å². The van der Waals surface area contributed by atoms with Crippen molar-refractivity contribution in [3.63, 3.8) is 0 Å². The normalized spacial score (nSPS) is 11.0. The Balaban J connectivity index is 1.82. The number of rotatable bonds is 11. The van der Waals surface area contributed by atoms with Crippen molar-refractivity contribution < 1.29 is 47.7 Å². The van der Waals surface area contributed by atoms with Crippen LogP contribution in [0.2, 0.25) is 0 Å². The van der Waals surface area contributed by atoms with Gasteiger partial charge < -0.3 is 29.6 Å². The van der Waals surface area contributed by atoms with E-state index in [0.29, 0.717) is 5.56 Å². The lowest BCUT2D eigenvalue weighted by molar-refractivity contribution is -0.162. The van der Waals surface area contributed by atoms with Gasteiger partial charge >= 0.3 is 23.9 Å². The standard InChI is InChI=1S/C36H38N2O10/c1-35(2,3)33(43)47-21-45-31(41)24-16-10-12-18-27(24)37-29(39)26(20-23-14-8-7-9-15-23)30(40)38-28-19-13-11-17-25(28)32(42)46-22-48-34(44)36(4,5)6/h7-20H,21-22H2,1-6H3,(H,37,39)(H,38,40). The van der Waals surface area contributed by atoms with E-state index >= 15 is 0 Å². The molecule has 0 aliphatic heterocycles. The zero-order valence-electron chi connectivity index (χ0n) is 27.6. The number of para-hydroxylation sites is 2. The van der Waals surface area contributed by atoms with Crippen LogP contribution in [0.5, 0.6) is 0 Å². The maximum absolute atomic E-state index is 13.6. The Morgan fingerprint density at radius 2 is 0.917 bits per heavy atom. The number of anilines is 2. The van der Waals surface area contributed by atoms with Crippen molar-refractivity contribution in [2.45, 2.75) is 41.5 Å². The molecule has 252 valence electrons. The maximum atomic E-state index is 13.6. The summed E-state index contributed by atoms with van der Waals surface area (Å²) in [6, 6.07) is 20.4. The summed E-state index contributed by atoms with van der Waals surface area (Å²) >= 11 is 0. The van der Waals surface area contributed by atoms with Crippen LogP contribution in [-0.2, 0) is 38.1 Å². The fourth-order valence-electron chi connectivity index (χ4n) is 3.73. The molecule has 0 heterocycles. The zero-order chi connectivity index (χ0) is 35.5. The summed E-state index contributed by atoms with van der Waals surface area (Å²) in [7, 11) is 0. The Morgan fingerprint density at radius 1 is 0.542 bits per heavy atom.